The molecule has 3 N–H and O–H groups in total. The normalized spacial score (nSPS) is 26.4. The maximum absolute atomic E-state index is 9.44. The fourth-order valence-electron chi connectivity index (χ4n) is 2.99. The molecule has 0 spiro atoms. The standard InChI is InChI=1S/C15H26N2O3/c1-4-12(16)14(13-6-5-7-19-13)17-8-11(9-18)20-15(2,3)10-17/h5-7,11-12,14,18H,4,8-10,16H2,1-3H3. The van der Waals surface area contributed by atoms with Crippen LogP contribution in [0.25, 0.3) is 0 Å². The van der Waals surface area contributed by atoms with Crippen LogP contribution in [0.3, 0.4) is 0 Å². The summed E-state index contributed by atoms with van der Waals surface area (Å²) in [6.07, 6.45) is 2.37. The van der Waals surface area contributed by atoms with E-state index < -0.39 is 0 Å². The number of ether oxygens (including phenoxy) is 1. The predicted octanol–water partition coefficient (Wildman–Crippen LogP) is 1.53. The SMILES string of the molecule is CCC(N)C(c1ccco1)N1CC(CO)OC(C)(C)C1. The highest BCUT2D eigenvalue weighted by Gasteiger charge is 2.39. The van der Waals surface area contributed by atoms with Gasteiger partial charge in [-0.3, -0.25) is 4.90 Å². The Morgan fingerprint density at radius 2 is 2.30 bits per heavy atom. The summed E-state index contributed by atoms with van der Waals surface area (Å²) in [6, 6.07) is 3.87. The van der Waals surface area contributed by atoms with Crippen molar-refractivity contribution < 1.29 is 14.3 Å². The molecular formula is C15H26N2O3. The highest BCUT2D eigenvalue weighted by atomic mass is 16.5. The van der Waals surface area contributed by atoms with Gasteiger partial charge in [-0.15, -0.1) is 0 Å². The van der Waals surface area contributed by atoms with Crippen LogP contribution in [0.4, 0.5) is 0 Å². The molecule has 0 bridgehead atoms. The predicted molar refractivity (Wildman–Crippen MR) is 77.3 cm³/mol. The van der Waals surface area contributed by atoms with Crippen LogP contribution in [0, 0.1) is 0 Å². The van der Waals surface area contributed by atoms with Gasteiger partial charge in [0.2, 0.25) is 0 Å². The summed E-state index contributed by atoms with van der Waals surface area (Å²) in [5.74, 6) is 0.883. The van der Waals surface area contributed by atoms with E-state index in [2.05, 4.69) is 11.8 Å². The van der Waals surface area contributed by atoms with Gasteiger partial charge < -0.3 is 20.0 Å². The molecule has 1 aliphatic heterocycles. The molecule has 1 aliphatic rings. The molecule has 5 nitrogen and oxygen atoms in total. The second kappa shape index (κ2) is 6.26. The lowest BCUT2D eigenvalue weighted by molar-refractivity contribution is -0.160. The van der Waals surface area contributed by atoms with Crippen LogP contribution in [0.1, 0.15) is 39.0 Å². The smallest absolute Gasteiger partial charge is 0.122 e. The minimum absolute atomic E-state index is 0.00519. The Morgan fingerprint density at radius 1 is 1.55 bits per heavy atom. The Morgan fingerprint density at radius 3 is 2.85 bits per heavy atom. The molecule has 0 aliphatic carbocycles. The van der Waals surface area contributed by atoms with Crippen LogP contribution in [-0.4, -0.2) is 47.4 Å². The van der Waals surface area contributed by atoms with Gasteiger partial charge in [0.1, 0.15) is 5.76 Å². The van der Waals surface area contributed by atoms with Crippen LogP contribution >= 0.6 is 0 Å². The molecule has 20 heavy (non-hydrogen) atoms. The lowest BCUT2D eigenvalue weighted by Crippen LogP contribution is -2.57. The summed E-state index contributed by atoms with van der Waals surface area (Å²) in [5.41, 5.74) is 6.01. The first-order valence-electron chi connectivity index (χ1n) is 7.28. The van der Waals surface area contributed by atoms with Crippen molar-refractivity contribution in [2.45, 2.75) is 51.0 Å². The van der Waals surface area contributed by atoms with Crippen molar-refractivity contribution >= 4 is 0 Å². The second-order valence-corrected chi connectivity index (χ2v) is 6.14. The van der Waals surface area contributed by atoms with Crippen molar-refractivity contribution in [3.8, 4) is 0 Å². The lowest BCUT2D eigenvalue weighted by Gasteiger charge is -2.46. The average molecular weight is 282 g/mol. The molecule has 1 aromatic rings. The number of morpholine rings is 1. The highest BCUT2D eigenvalue weighted by Crippen LogP contribution is 2.31. The van der Waals surface area contributed by atoms with E-state index in [0.717, 1.165) is 18.7 Å². The monoisotopic (exact) mass is 282 g/mol. The molecule has 2 heterocycles. The Balaban J connectivity index is 2.24. The van der Waals surface area contributed by atoms with Gasteiger partial charge >= 0.3 is 0 Å². The topological polar surface area (TPSA) is 71.9 Å². The maximum Gasteiger partial charge on any atom is 0.122 e. The summed E-state index contributed by atoms with van der Waals surface area (Å²) < 4.78 is 11.5. The summed E-state index contributed by atoms with van der Waals surface area (Å²) in [7, 11) is 0. The number of rotatable bonds is 5. The lowest BCUT2D eigenvalue weighted by atomic mass is 9.97. The molecule has 3 atom stereocenters. The van der Waals surface area contributed by atoms with Crippen molar-refractivity contribution in [3.63, 3.8) is 0 Å². The molecule has 0 radical (unpaired) electrons. The van der Waals surface area contributed by atoms with Gasteiger partial charge in [0.15, 0.2) is 0 Å². The fraction of sp³-hybridized carbons (Fsp3) is 0.733. The van der Waals surface area contributed by atoms with Crippen molar-refractivity contribution in [1.82, 2.24) is 4.90 Å². The van der Waals surface area contributed by atoms with E-state index in [0.29, 0.717) is 6.54 Å². The fourth-order valence-corrected chi connectivity index (χ4v) is 2.99. The Labute approximate surface area is 120 Å². The van der Waals surface area contributed by atoms with Gasteiger partial charge in [0, 0.05) is 19.1 Å². The molecule has 1 fully saturated rings. The first-order valence-corrected chi connectivity index (χ1v) is 7.28. The highest BCUT2D eigenvalue weighted by molar-refractivity contribution is 5.09. The second-order valence-electron chi connectivity index (χ2n) is 6.14. The van der Waals surface area contributed by atoms with Crippen LogP contribution in [0.15, 0.2) is 22.8 Å². The van der Waals surface area contributed by atoms with E-state index in [1.165, 1.54) is 0 Å². The minimum Gasteiger partial charge on any atom is -0.468 e. The Bertz CT molecular complexity index is 405. The number of furan rings is 1. The molecule has 0 amide bonds. The average Bonchev–Trinajstić information content (AvgIpc) is 2.90. The Kier molecular flexibility index (Phi) is 4.86. The maximum atomic E-state index is 9.44. The van der Waals surface area contributed by atoms with E-state index in [4.69, 9.17) is 14.9 Å². The number of aliphatic hydroxyl groups is 1. The molecule has 3 unspecified atom stereocenters. The van der Waals surface area contributed by atoms with Gasteiger partial charge in [-0.2, -0.15) is 0 Å². The quantitative estimate of drug-likeness (QED) is 0.857. The van der Waals surface area contributed by atoms with E-state index in [1.54, 1.807) is 6.26 Å². The molecule has 114 valence electrons. The van der Waals surface area contributed by atoms with Crippen molar-refractivity contribution in [3.05, 3.63) is 24.2 Å². The number of hydrogen-bond acceptors (Lipinski definition) is 5. The first-order chi connectivity index (χ1) is 9.46. The van der Waals surface area contributed by atoms with Crippen LogP contribution in [-0.2, 0) is 4.74 Å². The van der Waals surface area contributed by atoms with E-state index in [-0.39, 0.29) is 30.4 Å². The largest absolute Gasteiger partial charge is 0.468 e. The summed E-state index contributed by atoms with van der Waals surface area (Å²) >= 11 is 0. The van der Waals surface area contributed by atoms with Gasteiger partial charge in [0.05, 0.1) is 30.6 Å². The number of nitrogens with two attached hydrogens (primary N) is 1. The summed E-state index contributed by atoms with van der Waals surface area (Å²) in [6.45, 7) is 7.61. The van der Waals surface area contributed by atoms with Gasteiger partial charge in [0.25, 0.3) is 0 Å². The van der Waals surface area contributed by atoms with E-state index >= 15 is 0 Å². The molecule has 0 saturated carbocycles. The third kappa shape index (κ3) is 3.41. The van der Waals surface area contributed by atoms with Gasteiger partial charge in [-0.1, -0.05) is 6.92 Å². The zero-order chi connectivity index (χ0) is 14.8. The molecule has 1 saturated heterocycles. The van der Waals surface area contributed by atoms with Gasteiger partial charge in [-0.25, -0.2) is 0 Å². The zero-order valence-corrected chi connectivity index (χ0v) is 12.6. The molecular weight excluding hydrogens is 256 g/mol. The van der Waals surface area contributed by atoms with Crippen LogP contribution in [0.5, 0.6) is 0 Å². The Hall–Kier alpha value is -0.880. The number of hydrogen-bond donors (Lipinski definition) is 2. The third-order valence-corrected chi connectivity index (χ3v) is 3.82. The van der Waals surface area contributed by atoms with Gasteiger partial charge in [-0.05, 0) is 32.4 Å². The number of nitrogens with zero attached hydrogens (tertiary/aromatic N) is 1. The van der Waals surface area contributed by atoms with E-state index in [1.807, 2.05) is 26.0 Å². The minimum atomic E-state index is -0.302. The summed E-state index contributed by atoms with van der Waals surface area (Å²) in [5, 5.41) is 9.44. The van der Waals surface area contributed by atoms with Crippen molar-refractivity contribution in [2.75, 3.05) is 19.7 Å². The molecule has 0 aromatic carbocycles. The van der Waals surface area contributed by atoms with Crippen LogP contribution in [0.2, 0.25) is 0 Å². The van der Waals surface area contributed by atoms with Crippen molar-refractivity contribution in [1.29, 1.82) is 0 Å². The zero-order valence-electron chi connectivity index (χ0n) is 12.6. The van der Waals surface area contributed by atoms with Crippen LogP contribution < -0.4 is 5.73 Å². The van der Waals surface area contributed by atoms with Crippen molar-refractivity contribution in [2.24, 2.45) is 5.73 Å². The summed E-state index contributed by atoms with van der Waals surface area (Å²) in [4.78, 5) is 2.28. The number of aliphatic hydroxyl groups excluding tert-OH is 1. The van der Waals surface area contributed by atoms with E-state index in [9.17, 15) is 5.11 Å². The first kappa shape index (κ1) is 15.5. The molecule has 1 aromatic heterocycles. The third-order valence-electron chi connectivity index (χ3n) is 3.82. The molecule has 2 rings (SSSR count). The molecule has 5 heteroatoms.